The summed E-state index contributed by atoms with van der Waals surface area (Å²) in [5.74, 6) is -1.42. The molecule has 3 N–H and O–H groups in total. The van der Waals surface area contributed by atoms with Crippen LogP contribution in [0.4, 0.5) is 5.69 Å². The van der Waals surface area contributed by atoms with Gasteiger partial charge in [0.05, 0.1) is 5.92 Å². The summed E-state index contributed by atoms with van der Waals surface area (Å²) in [6.07, 6.45) is 1.36. The number of amides is 1. The number of benzene rings is 1. The van der Waals surface area contributed by atoms with Crippen molar-refractivity contribution in [3.05, 3.63) is 29.3 Å². The summed E-state index contributed by atoms with van der Waals surface area (Å²) in [7, 11) is 0. The molecule has 19 heavy (non-hydrogen) atoms. The third-order valence-corrected chi connectivity index (χ3v) is 3.66. The molecule has 0 bridgehead atoms. The van der Waals surface area contributed by atoms with E-state index in [0.717, 1.165) is 12.0 Å². The van der Waals surface area contributed by atoms with E-state index in [9.17, 15) is 9.59 Å². The topological polar surface area (TPSA) is 83.6 Å². The molecule has 1 heterocycles. The maximum atomic E-state index is 12.4. The zero-order chi connectivity index (χ0) is 14.0. The summed E-state index contributed by atoms with van der Waals surface area (Å²) in [6.45, 7) is 2.69. The fraction of sp³-hybridized carbons (Fsp3) is 0.429. The Hall–Kier alpha value is -2.04. The number of hydrogen-bond acceptors (Lipinski definition) is 3. The van der Waals surface area contributed by atoms with Gasteiger partial charge in [-0.2, -0.15) is 0 Å². The standard InChI is InChI=1S/C14H18N2O3/c1-9-11(5-2-6-12(9)15)13(17)16-7-3-4-10(8-16)14(18)19/h2,5-6,10H,3-4,7-8,15H2,1H3,(H,18,19)/t10-/m0/s1. The average molecular weight is 262 g/mol. The van der Waals surface area contributed by atoms with Crippen LogP contribution in [0.15, 0.2) is 18.2 Å². The van der Waals surface area contributed by atoms with Gasteiger partial charge in [-0.1, -0.05) is 6.07 Å². The number of carboxylic acid groups (broad SMARTS) is 1. The first-order valence-corrected chi connectivity index (χ1v) is 6.38. The normalized spacial score (nSPS) is 19.2. The summed E-state index contributed by atoms with van der Waals surface area (Å²) in [5.41, 5.74) is 7.70. The van der Waals surface area contributed by atoms with Crippen molar-refractivity contribution in [1.29, 1.82) is 0 Å². The minimum absolute atomic E-state index is 0.129. The van der Waals surface area contributed by atoms with E-state index in [0.29, 0.717) is 24.2 Å². The SMILES string of the molecule is Cc1c(N)cccc1C(=O)N1CCC[C@H](C(=O)O)C1. The number of nitrogens with two attached hydrogens (primary N) is 1. The van der Waals surface area contributed by atoms with E-state index in [1.807, 2.05) is 0 Å². The highest BCUT2D eigenvalue weighted by atomic mass is 16.4. The van der Waals surface area contributed by atoms with Crippen LogP contribution in [0.25, 0.3) is 0 Å². The lowest BCUT2D eigenvalue weighted by molar-refractivity contribution is -0.143. The minimum atomic E-state index is -0.832. The molecule has 1 fully saturated rings. The Balaban J connectivity index is 2.19. The van der Waals surface area contributed by atoms with Crippen molar-refractivity contribution in [2.75, 3.05) is 18.8 Å². The van der Waals surface area contributed by atoms with Gasteiger partial charge < -0.3 is 15.7 Å². The number of aliphatic carboxylic acids is 1. The number of carboxylic acids is 1. The molecule has 1 aliphatic rings. The summed E-state index contributed by atoms with van der Waals surface area (Å²) >= 11 is 0. The van der Waals surface area contributed by atoms with Crippen LogP contribution in [0.5, 0.6) is 0 Å². The van der Waals surface area contributed by atoms with E-state index >= 15 is 0 Å². The van der Waals surface area contributed by atoms with Gasteiger partial charge in [0.1, 0.15) is 0 Å². The number of likely N-dealkylation sites (tertiary alicyclic amines) is 1. The third-order valence-electron chi connectivity index (χ3n) is 3.66. The molecule has 0 radical (unpaired) electrons. The van der Waals surface area contributed by atoms with Crippen molar-refractivity contribution in [3.8, 4) is 0 Å². The Morgan fingerprint density at radius 2 is 2.16 bits per heavy atom. The molecule has 1 atom stereocenters. The van der Waals surface area contributed by atoms with Gasteiger partial charge in [-0.25, -0.2) is 0 Å². The molecule has 1 aromatic rings. The van der Waals surface area contributed by atoms with Crippen LogP contribution in [0.3, 0.4) is 0 Å². The highest BCUT2D eigenvalue weighted by Gasteiger charge is 2.29. The zero-order valence-electron chi connectivity index (χ0n) is 10.9. The maximum absolute atomic E-state index is 12.4. The smallest absolute Gasteiger partial charge is 0.308 e. The van der Waals surface area contributed by atoms with Crippen molar-refractivity contribution in [2.45, 2.75) is 19.8 Å². The first-order chi connectivity index (χ1) is 9.00. The Morgan fingerprint density at radius 1 is 1.42 bits per heavy atom. The van der Waals surface area contributed by atoms with Gasteiger partial charge >= 0.3 is 5.97 Å². The molecule has 5 nitrogen and oxygen atoms in total. The molecule has 1 aliphatic heterocycles. The second kappa shape index (κ2) is 5.30. The average Bonchev–Trinajstić information content (AvgIpc) is 2.41. The Morgan fingerprint density at radius 3 is 2.84 bits per heavy atom. The lowest BCUT2D eigenvalue weighted by Gasteiger charge is -2.31. The fourth-order valence-corrected chi connectivity index (χ4v) is 2.42. The molecule has 1 amide bonds. The highest BCUT2D eigenvalue weighted by molar-refractivity contribution is 5.97. The van der Waals surface area contributed by atoms with Crippen LogP contribution in [-0.2, 0) is 4.79 Å². The molecule has 0 spiro atoms. The van der Waals surface area contributed by atoms with E-state index in [-0.39, 0.29) is 12.5 Å². The predicted molar refractivity (Wildman–Crippen MR) is 71.9 cm³/mol. The third kappa shape index (κ3) is 2.70. The lowest BCUT2D eigenvalue weighted by atomic mass is 9.97. The highest BCUT2D eigenvalue weighted by Crippen LogP contribution is 2.22. The summed E-state index contributed by atoms with van der Waals surface area (Å²) in [4.78, 5) is 25.1. The first-order valence-electron chi connectivity index (χ1n) is 6.38. The van der Waals surface area contributed by atoms with Gasteiger partial charge in [-0.05, 0) is 37.5 Å². The van der Waals surface area contributed by atoms with Crippen LogP contribution in [0.2, 0.25) is 0 Å². The molecule has 0 saturated carbocycles. The van der Waals surface area contributed by atoms with Crippen LogP contribution in [-0.4, -0.2) is 35.0 Å². The van der Waals surface area contributed by atoms with Gasteiger partial charge in [0, 0.05) is 24.3 Å². The molecule has 5 heteroatoms. The van der Waals surface area contributed by atoms with Crippen molar-refractivity contribution in [1.82, 2.24) is 4.90 Å². The second-order valence-corrected chi connectivity index (χ2v) is 4.95. The van der Waals surface area contributed by atoms with Crippen LogP contribution < -0.4 is 5.73 Å². The van der Waals surface area contributed by atoms with Gasteiger partial charge in [-0.15, -0.1) is 0 Å². The first kappa shape index (κ1) is 13.4. The summed E-state index contributed by atoms with van der Waals surface area (Å²) in [6, 6.07) is 5.23. The fourth-order valence-electron chi connectivity index (χ4n) is 2.42. The molecule has 0 aliphatic carbocycles. The molecular weight excluding hydrogens is 244 g/mol. The number of nitrogen functional groups attached to an aromatic ring is 1. The van der Waals surface area contributed by atoms with E-state index < -0.39 is 11.9 Å². The van der Waals surface area contributed by atoms with Crippen molar-refractivity contribution in [3.63, 3.8) is 0 Å². The van der Waals surface area contributed by atoms with Gasteiger partial charge in [0.2, 0.25) is 0 Å². The number of hydrogen-bond donors (Lipinski definition) is 2. The minimum Gasteiger partial charge on any atom is -0.481 e. The second-order valence-electron chi connectivity index (χ2n) is 4.95. The molecule has 1 saturated heterocycles. The monoisotopic (exact) mass is 262 g/mol. The number of anilines is 1. The van der Waals surface area contributed by atoms with Crippen LogP contribution in [0.1, 0.15) is 28.8 Å². The van der Waals surface area contributed by atoms with E-state index in [1.165, 1.54) is 0 Å². The van der Waals surface area contributed by atoms with Crippen LogP contribution >= 0.6 is 0 Å². The van der Waals surface area contributed by atoms with E-state index in [1.54, 1.807) is 30.0 Å². The number of rotatable bonds is 2. The maximum Gasteiger partial charge on any atom is 0.308 e. The van der Waals surface area contributed by atoms with E-state index in [2.05, 4.69) is 0 Å². The molecule has 102 valence electrons. The Bertz CT molecular complexity index is 513. The zero-order valence-corrected chi connectivity index (χ0v) is 10.9. The summed E-state index contributed by atoms with van der Waals surface area (Å²) in [5, 5.41) is 9.05. The van der Waals surface area contributed by atoms with Gasteiger partial charge in [-0.3, -0.25) is 9.59 Å². The Kier molecular flexibility index (Phi) is 3.74. The number of carbonyl (C=O) groups is 2. The van der Waals surface area contributed by atoms with Crippen molar-refractivity contribution < 1.29 is 14.7 Å². The van der Waals surface area contributed by atoms with Crippen molar-refractivity contribution >= 4 is 17.6 Å². The molecular formula is C14H18N2O3. The Labute approximate surface area is 112 Å². The van der Waals surface area contributed by atoms with E-state index in [4.69, 9.17) is 10.8 Å². The molecule has 0 unspecified atom stereocenters. The summed E-state index contributed by atoms with van der Waals surface area (Å²) < 4.78 is 0. The van der Waals surface area contributed by atoms with Gasteiger partial charge in [0.25, 0.3) is 5.91 Å². The number of nitrogens with zero attached hydrogens (tertiary/aromatic N) is 1. The van der Waals surface area contributed by atoms with Crippen LogP contribution in [0, 0.1) is 12.8 Å². The molecule has 2 rings (SSSR count). The number of carbonyl (C=O) groups excluding carboxylic acids is 1. The lowest BCUT2D eigenvalue weighted by Crippen LogP contribution is -2.42. The number of piperidine rings is 1. The largest absolute Gasteiger partial charge is 0.481 e. The molecule has 1 aromatic carbocycles. The van der Waals surface area contributed by atoms with Gasteiger partial charge in [0.15, 0.2) is 0 Å². The predicted octanol–water partition coefficient (Wildman–Crippen LogP) is 1.51. The van der Waals surface area contributed by atoms with Crippen molar-refractivity contribution in [2.24, 2.45) is 5.92 Å². The molecule has 0 aromatic heterocycles. The quantitative estimate of drug-likeness (QED) is 0.791.